The number of carbonyl (C=O) groups is 4. The molecule has 2 aliphatic heterocycles. The van der Waals surface area contributed by atoms with Crippen molar-refractivity contribution >= 4 is 29.3 Å². The number of carboxylic acids is 1. The maximum Gasteiger partial charge on any atom is 0.434 e. The zero-order valence-corrected chi connectivity index (χ0v) is 20.3. The van der Waals surface area contributed by atoms with Crippen LogP contribution in [0.3, 0.4) is 0 Å². The number of aliphatic carboxylic acids is 1. The summed E-state index contributed by atoms with van der Waals surface area (Å²) in [7, 11) is 0. The minimum Gasteiger partial charge on any atom is -0.481 e. The molecule has 2 N–H and O–H groups in total. The number of aromatic nitrogens is 2. The first-order valence-electron chi connectivity index (χ1n) is 11.9. The Morgan fingerprint density at radius 1 is 1.18 bits per heavy atom. The van der Waals surface area contributed by atoms with Gasteiger partial charge in [0, 0.05) is 37.1 Å². The standard InChI is InChI=1S/C24H25F4N5O5/c1-2-17(22(37)29-16(8-21(35)36)18(34)9-25)33-10-13-3-4-14(7-15(13)23(33)38)31-5-6-32-11-19(24(26,27)28)30-20(32)12-31/h3-4,7,11,16-17H,2,5-6,8-10,12H2,1H3,(H,29,37)(H,35,36). The van der Waals surface area contributed by atoms with Gasteiger partial charge < -0.3 is 24.8 Å². The Bertz CT molecular complexity index is 1280. The molecule has 38 heavy (non-hydrogen) atoms. The van der Waals surface area contributed by atoms with E-state index >= 15 is 0 Å². The summed E-state index contributed by atoms with van der Waals surface area (Å²) >= 11 is 0. The Balaban J connectivity index is 1.50. The number of hydrogen-bond donors (Lipinski definition) is 2. The molecule has 4 rings (SSSR count). The minimum absolute atomic E-state index is 0.0837. The molecule has 0 bridgehead atoms. The predicted molar refractivity (Wildman–Crippen MR) is 124 cm³/mol. The van der Waals surface area contributed by atoms with E-state index in [0.717, 1.165) is 6.20 Å². The molecule has 2 aliphatic rings. The van der Waals surface area contributed by atoms with E-state index in [9.17, 15) is 36.7 Å². The summed E-state index contributed by atoms with van der Waals surface area (Å²) in [6.07, 6.45) is -4.21. The van der Waals surface area contributed by atoms with E-state index in [0.29, 0.717) is 23.4 Å². The summed E-state index contributed by atoms with van der Waals surface area (Å²) < 4.78 is 53.4. The SMILES string of the molecule is CCC(C(=O)NC(CC(=O)O)C(=O)CF)N1Cc2ccc(N3CCn4cc(C(F)(F)F)nc4C3)cc2C1=O. The number of nitrogens with one attached hydrogen (secondary N) is 1. The molecule has 0 radical (unpaired) electrons. The van der Waals surface area contributed by atoms with Crippen LogP contribution < -0.4 is 10.2 Å². The lowest BCUT2D eigenvalue weighted by molar-refractivity contribution is -0.141. The highest BCUT2D eigenvalue weighted by atomic mass is 19.4. The van der Waals surface area contributed by atoms with E-state index in [1.54, 1.807) is 25.1 Å². The molecule has 0 fully saturated rings. The average molecular weight is 539 g/mol. The molecular weight excluding hydrogens is 514 g/mol. The van der Waals surface area contributed by atoms with Gasteiger partial charge in [-0.15, -0.1) is 0 Å². The van der Waals surface area contributed by atoms with Crippen molar-refractivity contribution in [2.24, 2.45) is 0 Å². The predicted octanol–water partition coefficient (Wildman–Crippen LogP) is 2.15. The average Bonchev–Trinajstić information content (AvgIpc) is 3.44. The highest BCUT2D eigenvalue weighted by molar-refractivity contribution is 6.02. The van der Waals surface area contributed by atoms with Crippen LogP contribution in [0.2, 0.25) is 0 Å². The largest absolute Gasteiger partial charge is 0.481 e. The van der Waals surface area contributed by atoms with Crippen LogP contribution in [0.25, 0.3) is 0 Å². The molecule has 1 aromatic carbocycles. The molecule has 2 aromatic rings. The number of Topliss-reactive ketones (excluding diaryl/α,β-unsaturated/α-hetero) is 1. The fraction of sp³-hybridized carbons (Fsp3) is 0.458. The van der Waals surface area contributed by atoms with Crippen molar-refractivity contribution < 1.29 is 41.8 Å². The van der Waals surface area contributed by atoms with E-state index < -0.39 is 60.6 Å². The lowest BCUT2D eigenvalue weighted by Gasteiger charge is -2.29. The molecule has 10 nitrogen and oxygen atoms in total. The highest BCUT2D eigenvalue weighted by Gasteiger charge is 2.38. The Morgan fingerprint density at radius 3 is 2.55 bits per heavy atom. The van der Waals surface area contributed by atoms with Gasteiger partial charge in [0.05, 0.1) is 13.0 Å². The first kappa shape index (κ1) is 27.1. The minimum atomic E-state index is -4.55. The third-order valence-electron chi connectivity index (χ3n) is 6.66. The number of anilines is 1. The van der Waals surface area contributed by atoms with Gasteiger partial charge in [0.2, 0.25) is 5.91 Å². The van der Waals surface area contributed by atoms with Crippen molar-refractivity contribution in [1.82, 2.24) is 19.8 Å². The second-order valence-electron chi connectivity index (χ2n) is 9.11. The third-order valence-corrected chi connectivity index (χ3v) is 6.66. The second-order valence-corrected chi connectivity index (χ2v) is 9.11. The number of halogens is 4. The number of hydrogen-bond acceptors (Lipinski definition) is 6. The summed E-state index contributed by atoms with van der Waals surface area (Å²) in [4.78, 5) is 55.8. The molecule has 1 aromatic heterocycles. The maximum atomic E-state index is 13.3. The topological polar surface area (TPSA) is 125 Å². The van der Waals surface area contributed by atoms with Gasteiger partial charge in [0.25, 0.3) is 5.91 Å². The number of nitrogens with zero attached hydrogens (tertiary/aromatic N) is 4. The number of benzene rings is 1. The molecule has 0 saturated heterocycles. The van der Waals surface area contributed by atoms with Crippen LogP contribution in [0.1, 0.15) is 47.2 Å². The molecule has 3 heterocycles. The van der Waals surface area contributed by atoms with E-state index in [2.05, 4.69) is 10.3 Å². The maximum absolute atomic E-state index is 13.3. The molecule has 2 amide bonds. The molecular formula is C24H25F4N5O5. The van der Waals surface area contributed by atoms with Crippen molar-refractivity contribution in [3.05, 3.63) is 47.0 Å². The van der Waals surface area contributed by atoms with E-state index in [4.69, 9.17) is 5.11 Å². The van der Waals surface area contributed by atoms with E-state index in [1.165, 1.54) is 9.47 Å². The van der Waals surface area contributed by atoms with Gasteiger partial charge in [-0.05, 0) is 24.1 Å². The van der Waals surface area contributed by atoms with Crippen LogP contribution in [-0.4, -0.2) is 68.4 Å². The molecule has 0 saturated carbocycles. The number of ketones is 1. The number of amides is 2. The Morgan fingerprint density at radius 2 is 1.92 bits per heavy atom. The van der Waals surface area contributed by atoms with Crippen LogP contribution in [-0.2, 0) is 40.2 Å². The summed E-state index contributed by atoms with van der Waals surface area (Å²) in [5.41, 5.74) is 0.594. The molecule has 0 aliphatic carbocycles. The van der Waals surface area contributed by atoms with Crippen LogP contribution in [0.5, 0.6) is 0 Å². The first-order valence-corrected chi connectivity index (χ1v) is 11.9. The first-order chi connectivity index (χ1) is 17.9. The van der Waals surface area contributed by atoms with Gasteiger partial charge in [0.15, 0.2) is 11.5 Å². The lowest BCUT2D eigenvalue weighted by Crippen LogP contribution is -2.52. The van der Waals surface area contributed by atoms with Gasteiger partial charge in [-0.2, -0.15) is 13.2 Å². The number of rotatable bonds is 9. The van der Waals surface area contributed by atoms with Crippen molar-refractivity contribution in [1.29, 1.82) is 0 Å². The Labute approximate surface area is 214 Å². The second kappa shape index (κ2) is 10.4. The van der Waals surface area contributed by atoms with Gasteiger partial charge in [0.1, 0.15) is 24.6 Å². The number of fused-ring (bicyclic) bond motifs is 2. The number of imidazole rings is 1. The smallest absolute Gasteiger partial charge is 0.434 e. The monoisotopic (exact) mass is 539 g/mol. The zero-order chi connectivity index (χ0) is 27.8. The van der Waals surface area contributed by atoms with Crippen LogP contribution >= 0.6 is 0 Å². The molecule has 0 spiro atoms. The van der Waals surface area contributed by atoms with Crippen molar-refractivity contribution in [3.63, 3.8) is 0 Å². The Hall–Kier alpha value is -3.97. The van der Waals surface area contributed by atoms with Crippen LogP contribution in [0.15, 0.2) is 24.4 Å². The van der Waals surface area contributed by atoms with Gasteiger partial charge >= 0.3 is 12.1 Å². The highest BCUT2D eigenvalue weighted by Crippen LogP contribution is 2.33. The summed E-state index contributed by atoms with van der Waals surface area (Å²) in [6, 6.07) is 2.46. The van der Waals surface area contributed by atoms with Gasteiger partial charge in [-0.25, -0.2) is 9.37 Å². The van der Waals surface area contributed by atoms with Crippen molar-refractivity contribution in [2.45, 2.75) is 57.7 Å². The fourth-order valence-electron chi connectivity index (χ4n) is 4.70. The number of alkyl halides is 4. The lowest BCUT2D eigenvalue weighted by atomic mass is 10.1. The summed E-state index contributed by atoms with van der Waals surface area (Å²) in [5, 5.41) is 11.2. The Kier molecular flexibility index (Phi) is 7.42. The molecule has 2 unspecified atom stereocenters. The quantitative estimate of drug-likeness (QED) is 0.468. The van der Waals surface area contributed by atoms with E-state index in [1.807, 2.05) is 4.90 Å². The van der Waals surface area contributed by atoms with Gasteiger partial charge in [-0.1, -0.05) is 13.0 Å². The van der Waals surface area contributed by atoms with Crippen LogP contribution in [0.4, 0.5) is 23.2 Å². The number of carbonyl (C=O) groups excluding carboxylic acids is 3. The number of carboxylic acid groups (broad SMARTS) is 1. The fourth-order valence-corrected chi connectivity index (χ4v) is 4.70. The van der Waals surface area contributed by atoms with Crippen molar-refractivity contribution in [3.8, 4) is 0 Å². The summed E-state index contributed by atoms with van der Waals surface area (Å²) in [6.45, 7) is 1.06. The summed E-state index contributed by atoms with van der Waals surface area (Å²) in [5.74, 6) is -3.46. The zero-order valence-electron chi connectivity index (χ0n) is 20.3. The molecule has 2 atom stereocenters. The normalized spacial score (nSPS) is 16.6. The van der Waals surface area contributed by atoms with E-state index in [-0.39, 0.29) is 31.9 Å². The van der Waals surface area contributed by atoms with Crippen molar-refractivity contribution in [2.75, 3.05) is 18.1 Å². The van der Waals surface area contributed by atoms with Gasteiger partial charge in [-0.3, -0.25) is 19.2 Å². The third kappa shape index (κ3) is 5.34. The van der Waals surface area contributed by atoms with Crippen LogP contribution in [0, 0.1) is 0 Å². The molecule has 204 valence electrons. The molecule has 14 heteroatoms.